The lowest BCUT2D eigenvalue weighted by molar-refractivity contribution is -0.140. The number of aliphatic hydroxyl groups is 1. The van der Waals surface area contributed by atoms with Crippen LogP contribution in [0, 0.1) is 0 Å². The molecule has 0 rings (SSSR count). The van der Waals surface area contributed by atoms with Gasteiger partial charge in [-0.05, 0) is 38.5 Å². The fourth-order valence-electron chi connectivity index (χ4n) is 2.87. The van der Waals surface area contributed by atoms with Gasteiger partial charge in [-0.3, -0.25) is 4.79 Å². The van der Waals surface area contributed by atoms with E-state index in [9.17, 15) is 9.90 Å². The van der Waals surface area contributed by atoms with E-state index < -0.39 is 0 Å². The molecular weight excluding hydrogens is 314 g/mol. The van der Waals surface area contributed by atoms with Gasteiger partial charge in [0.05, 0.1) is 13.2 Å². The van der Waals surface area contributed by atoms with E-state index in [0.29, 0.717) is 13.0 Å². The molecule has 4 nitrogen and oxygen atoms in total. The molecule has 0 bridgehead atoms. The van der Waals surface area contributed by atoms with E-state index >= 15 is 0 Å². The summed E-state index contributed by atoms with van der Waals surface area (Å²) in [5.41, 5.74) is 5.37. The number of ether oxygens (including phenoxy) is 1. The second-order valence-corrected chi connectivity index (χ2v) is 6.94. The molecule has 3 N–H and O–H groups in total. The van der Waals surface area contributed by atoms with E-state index in [1.165, 1.54) is 64.9 Å². The predicted octanol–water partition coefficient (Wildman–Crippen LogP) is 4.89. The topological polar surface area (TPSA) is 72.5 Å². The van der Waals surface area contributed by atoms with Gasteiger partial charge in [0.15, 0.2) is 0 Å². The lowest BCUT2D eigenvalue weighted by Gasteiger charge is -2.04. The highest BCUT2D eigenvalue weighted by molar-refractivity contribution is 5.68. The van der Waals surface area contributed by atoms with Gasteiger partial charge >= 0.3 is 5.97 Å². The molecule has 0 spiro atoms. The Morgan fingerprint density at radius 3 is 1.88 bits per heavy atom. The van der Waals surface area contributed by atoms with Gasteiger partial charge < -0.3 is 15.6 Å². The van der Waals surface area contributed by atoms with E-state index in [4.69, 9.17) is 5.73 Å². The number of hydrogen-bond donors (Lipinski definition) is 2. The van der Waals surface area contributed by atoms with Crippen molar-refractivity contribution in [2.75, 3.05) is 13.7 Å². The highest BCUT2D eigenvalue weighted by Crippen LogP contribution is 2.12. The summed E-state index contributed by atoms with van der Waals surface area (Å²) in [6, 6.07) is 0. The van der Waals surface area contributed by atoms with Gasteiger partial charge in [0.25, 0.3) is 0 Å². The molecule has 0 heterocycles. The standard InChI is InChI=1S/C21H41NO3/c1-25-21(24)18-16-14-12-10-8-6-4-2-3-5-7-9-11-13-15-17-20(23)19-22/h9,11,20,23H,2-8,10,12-19,22H2,1H3/b11-9-/t20-/m0/s1. The Balaban J connectivity index is 3.12. The number of unbranched alkanes of at least 4 members (excludes halogenated alkanes) is 11. The Bertz CT molecular complexity index is 318. The summed E-state index contributed by atoms with van der Waals surface area (Å²) in [7, 11) is 1.45. The molecule has 25 heavy (non-hydrogen) atoms. The Labute approximate surface area is 155 Å². The zero-order chi connectivity index (χ0) is 18.6. The van der Waals surface area contributed by atoms with Crippen molar-refractivity contribution < 1.29 is 14.6 Å². The van der Waals surface area contributed by atoms with Crippen molar-refractivity contribution in [2.24, 2.45) is 5.73 Å². The van der Waals surface area contributed by atoms with Crippen LogP contribution >= 0.6 is 0 Å². The van der Waals surface area contributed by atoms with Crippen LogP contribution in [0.25, 0.3) is 0 Å². The molecule has 0 unspecified atom stereocenters. The number of aliphatic hydroxyl groups excluding tert-OH is 1. The first kappa shape index (κ1) is 24.1. The molecule has 0 aliphatic carbocycles. The highest BCUT2D eigenvalue weighted by atomic mass is 16.5. The summed E-state index contributed by atoms with van der Waals surface area (Å²) in [5.74, 6) is -0.0831. The molecule has 0 saturated heterocycles. The number of carbonyl (C=O) groups excluding carboxylic acids is 1. The number of rotatable bonds is 18. The van der Waals surface area contributed by atoms with Crippen LogP contribution in [0.2, 0.25) is 0 Å². The third-order valence-electron chi connectivity index (χ3n) is 4.58. The number of hydrogen-bond acceptors (Lipinski definition) is 4. The van der Waals surface area contributed by atoms with Crippen LogP contribution in [0.1, 0.15) is 96.3 Å². The maximum atomic E-state index is 11.0. The van der Waals surface area contributed by atoms with Crippen LogP contribution in [0.4, 0.5) is 0 Å². The van der Waals surface area contributed by atoms with Crippen LogP contribution in [0.5, 0.6) is 0 Å². The van der Waals surface area contributed by atoms with Crippen molar-refractivity contribution in [3.63, 3.8) is 0 Å². The third-order valence-corrected chi connectivity index (χ3v) is 4.58. The summed E-state index contributed by atoms with van der Waals surface area (Å²) >= 11 is 0. The first-order valence-electron chi connectivity index (χ1n) is 10.3. The van der Waals surface area contributed by atoms with Crippen LogP contribution in [0.3, 0.4) is 0 Å². The molecule has 0 fully saturated rings. The van der Waals surface area contributed by atoms with Gasteiger partial charge in [0, 0.05) is 13.0 Å². The molecule has 0 aromatic rings. The van der Waals surface area contributed by atoms with Crippen molar-refractivity contribution in [3.8, 4) is 0 Å². The SMILES string of the molecule is COC(=O)CCCCCCCCCCCC/C=C\CCC[C@H](O)CN. The number of methoxy groups -OCH3 is 1. The number of carbonyl (C=O) groups is 1. The van der Waals surface area contributed by atoms with Gasteiger partial charge in [-0.2, -0.15) is 0 Å². The molecule has 148 valence electrons. The fourth-order valence-corrected chi connectivity index (χ4v) is 2.87. The van der Waals surface area contributed by atoms with Crippen molar-refractivity contribution in [1.29, 1.82) is 0 Å². The van der Waals surface area contributed by atoms with E-state index in [2.05, 4.69) is 16.9 Å². The average molecular weight is 356 g/mol. The highest BCUT2D eigenvalue weighted by Gasteiger charge is 1.99. The number of nitrogens with two attached hydrogens (primary N) is 1. The van der Waals surface area contributed by atoms with Crippen molar-refractivity contribution >= 4 is 5.97 Å². The smallest absolute Gasteiger partial charge is 0.305 e. The van der Waals surface area contributed by atoms with Crippen LogP contribution < -0.4 is 5.73 Å². The van der Waals surface area contributed by atoms with E-state index in [0.717, 1.165) is 32.1 Å². The molecule has 0 aromatic heterocycles. The van der Waals surface area contributed by atoms with E-state index in [1.54, 1.807) is 0 Å². The minimum Gasteiger partial charge on any atom is -0.469 e. The number of allylic oxidation sites excluding steroid dienone is 2. The molecule has 0 aliphatic heterocycles. The van der Waals surface area contributed by atoms with Gasteiger partial charge in [-0.15, -0.1) is 0 Å². The Kier molecular flexibility index (Phi) is 18.8. The van der Waals surface area contributed by atoms with Crippen LogP contribution in [-0.2, 0) is 9.53 Å². The van der Waals surface area contributed by atoms with E-state index in [1.807, 2.05) is 0 Å². The zero-order valence-corrected chi connectivity index (χ0v) is 16.4. The normalized spacial score (nSPS) is 12.6. The molecule has 0 amide bonds. The minimum absolute atomic E-state index is 0.0831. The molecule has 4 heteroatoms. The second-order valence-electron chi connectivity index (χ2n) is 6.94. The molecule has 0 radical (unpaired) electrons. The minimum atomic E-state index is -0.326. The maximum absolute atomic E-state index is 11.0. The lowest BCUT2D eigenvalue weighted by Crippen LogP contribution is -2.18. The Hall–Kier alpha value is -0.870. The molecule has 0 aliphatic rings. The average Bonchev–Trinajstić information content (AvgIpc) is 2.63. The fraction of sp³-hybridized carbons (Fsp3) is 0.857. The second kappa shape index (κ2) is 19.5. The third kappa shape index (κ3) is 19.3. The van der Waals surface area contributed by atoms with Gasteiger partial charge in [-0.25, -0.2) is 0 Å². The van der Waals surface area contributed by atoms with E-state index in [-0.39, 0.29) is 12.1 Å². The van der Waals surface area contributed by atoms with Crippen LogP contribution in [-0.4, -0.2) is 30.8 Å². The Morgan fingerprint density at radius 1 is 0.880 bits per heavy atom. The first-order valence-corrected chi connectivity index (χ1v) is 10.3. The summed E-state index contributed by atoms with van der Waals surface area (Å²) in [4.78, 5) is 11.0. The Morgan fingerprint density at radius 2 is 1.36 bits per heavy atom. The molecule has 0 saturated carbocycles. The summed E-state index contributed by atoms with van der Waals surface area (Å²) < 4.78 is 4.63. The molecular formula is C21H41NO3. The zero-order valence-electron chi connectivity index (χ0n) is 16.4. The van der Waals surface area contributed by atoms with Gasteiger partial charge in [-0.1, -0.05) is 63.5 Å². The number of esters is 1. The van der Waals surface area contributed by atoms with Crippen molar-refractivity contribution in [3.05, 3.63) is 12.2 Å². The first-order chi connectivity index (χ1) is 12.2. The lowest BCUT2D eigenvalue weighted by atomic mass is 10.0. The molecule has 1 atom stereocenters. The van der Waals surface area contributed by atoms with Gasteiger partial charge in [0.2, 0.25) is 0 Å². The molecule has 0 aromatic carbocycles. The maximum Gasteiger partial charge on any atom is 0.305 e. The predicted molar refractivity (Wildman–Crippen MR) is 105 cm³/mol. The summed E-state index contributed by atoms with van der Waals surface area (Å²) in [6.07, 6.45) is 21.5. The quantitative estimate of drug-likeness (QED) is 0.209. The largest absolute Gasteiger partial charge is 0.469 e. The summed E-state index contributed by atoms with van der Waals surface area (Å²) in [6.45, 7) is 0.374. The monoisotopic (exact) mass is 355 g/mol. The summed E-state index contributed by atoms with van der Waals surface area (Å²) in [5, 5.41) is 9.34. The van der Waals surface area contributed by atoms with Crippen molar-refractivity contribution in [1.82, 2.24) is 0 Å². The van der Waals surface area contributed by atoms with Crippen molar-refractivity contribution in [2.45, 2.75) is 102 Å². The van der Waals surface area contributed by atoms with Crippen LogP contribution in [0.15, 0.2) is 12.2 Å². The van der Waals surface area contributed by atoms with Gasteiger partial charge in [0.1, 0.15) is 0 Å².